The van der Waals surface area contributed by atoms with Crippen LogP contribution in [-0.2, 0) is 4.79 Å². The molecule has 0 aliphatic carbocycles. The third kappa shape index (κ3) is 3.54. The van der Waals surface area contributed by atoms with Crippen molar-refractivity contribution in [3.05, 3.63) is 47.1 Å². The molecule has 114 valence electrons. The molecule has 0 radical (unpaired) electrons. The van der Waals surface area contributed by atoms with E-state index in [4.69, 9.17) is 4.42 Å². The fourth-order valence-corrected chi connectivity index (χ4v) is 2.58. The maximum atomic E-state index is 12.2. The second-order valence-electron chi connectivity index (χ2n) is 4.84. The number of anilines is 1. The highest BCUT2D eigenvalue weighted by molar-refractivity contribution is 9.10. The first-order valence-corrected chi connectivity index (χ1v) is 7.76. The van der Waals surface area contributed by atoms with Crippen LogP contribution in [0.3, 0.4) is 0 Å². The van der Waals surface area contributed by atoms with Gasteiger partial charge in [-0.05, 0) is 40.2 Å². The highest BCUT2D eigenvalue weighted by Crippen LogP contribution is 2.15. The van der Waals surface area contributed by atoms with Crippen molar-refractivity contribution in [2.24, 2.45) is 0 Å². The van der Waals surface area contributed by atoms with Crippen molar-refractivity contribution >= 4 is 33.9 Å². The molecule has 3 rings (SSSR count). The van der Waals surface area contributed by atoms with Gasteiger partial charge in [0.1, 0.15) is 5.76 Å². The van der Waals surface area contributed by atoms with E-state index in [9.17, 15) is 4.79 Å². The number of amides is 1. The average Bonchev–Trinajstić information content (AvgIpc) is 2.99. The standard InChI is InChI=1S/C15H15BrN4O2/c16-13-4-2-12(22-13)3-5-14(21)19-8-10-20(11-9-19)15-17-6-1-7-18-15/h1-7H,8-11H2. The number of carbonyl (C=O) groups excluding carboxylic acids is 1. The molecular formula is C15H15BrN4O2. The van der Waals surface area contributed by atoms with Gasteiger partial charge in [-0.1, -0.05) is 0 Å². The molecule has 0 spiro atoms. The van der Waals surface area contributed by atoms with E-state index in [1.165, 1.54) is 0 Å². The van der Waals surface area contributed by atoms with Gasteiger partial charge in [0.15, 0.2) is 4.67 Å². The summed E-state index contributed by atoms with van der Waals surface area (Å²) in [4.78, 5) is 24.5. The van der Waals surface area contributed by atoms with Crippen LogP contribution in [0.2, 0.25) is 0 Å². The van der Waals surface area contributed by atoms with E-state index < -0.39 is 0 Å². The number of hydrogen-bond acceptors (Lipinski definition) is 5. The molecule has 6 nitrogen and oxygen atoms in total. The van der Waals surface area contributed by atoms with Gasteiger partial charge < -0.3 is 14.2 Å². The molecular weight excluding hydrogens is 348 g/mol. The van der Waals surface area contributed by atoms with Crippen LogP contribution in [0.25, 0.3) is 6.08 Å². The molecule has 1 amide bonds. The summed E-state index contributed by atoms with van der Waals surface area (Å²) >= 11 is 3.23. The van der Waals surface area contributed by atoms with Crippen LogP contribution >= 0.6 is 15.9 Å². The molecule has 7 heteroatoms. The van der Waals surface area contributed by atoms with Gasteiger partial charge in [-0.15, -0.1) is 0 Å². The Morgan fingerprint density at radius 2 is 1.91 bits per heavy atom. The first kappa shape index (κ1) is 14.8. The molecule has 0 saturated carbocycles. The third-order valence-corrected chi connectivity index (χ3v) is 3.84. The minimum absolute atomic E-state index is 0.0128. The Morgan fingerprint density at radius 3 is 2.55 bits per heavy atom. The molecule has 2 aromatic rings. The summed E-state index contributed by atoms with van der Waals surface area (Å²) in [5, 5.41) is 0. The highest BCUT2D eigenvalue weighted by Gasteiger charge is 2.20. The summed E-state index contributed by atoms with van der Waals surface area (Å²) in [7, 11) is 0. The molecule has 0 N–H and O–H groups in total. The van der Waals surface area contributed by atoms with Crippen molar-refractivity contribution in [3.63, 3.8) is 0 Å². The lowest BCUT2D eigenvalue weighted by Crippen LogP contribution is -2.48. The second-order valence-corrected chi connectivity index (χ2v) is 5.62. The summed E-state index contributed by atoms with van der Waals surface area (Å²) in [6.07, 6.45) is 6.67. The minimum Gasteiger partial charge on any atom is -0.450 e. The van der Waals surface area contributed by atoms with E-state index in [1.54, 1.807) is 42.7 Å². The van der Waals surface area contributed by atoms with Crippen LogP contribution in [0.4, 0.5) is 5.95 Å². The second kappa shape index (κ2) is 6.74. The van der Waals surface area contributed by atoms with Crippen molar-refractivity contribution < 1.29 is 9.21 Å². The molecule has 0 bridgehead atoms. The van der Waals surface area contributed by atoms with Crippen LogP contribution in [0.15, 0.2) is 45.8 Å². The molecule has 22 heavy (non-hydrogen) atoms. The van der Waals surface area contributed by atoms with E-state index in [0.29, 0.717) is 29.5 Å². The first-order valence-electron chi connectivity index (χ1n) is 6.97. The molecule has 1 saturated heterocycles. The molecule has 3 heterocycles. The van der Waals surface area contributed by atoms with E-state index in [1.807, 2.05) is 4.90 Å². The van der Waals surface area contributed by atoms with Crippen LogP contribution in [0.5, 0.6) is 0 Å². The van der Waals surface area contributed by atoms with Gasteiger partial charge in [0.25, 0.3) is 0 Å². The topological polar surface area (TPSA) is 62.5 Å². The van der Waals surface area contributed by atoms with Gasteiger partial charge in [-0.2, -0.15) is 0 Å². The number of aromatic nitrogens is 2. The number of piperazine rings is 1. The molecule has 0 aromatic carbocycles. The lowest BCUT2D eigenvalue weighted by atomic mass is 10.3. The van der Waals surface area contributed by atoms with E-state index in [0.717, 1.165) is 13.1 Å². The Bertz CT molecular complexity index is 663. The van der Waals surface area contributed by atoms with Crippen LogP contribution in [-0.4, -0.2) is 47.0 Å². The van der Waals surface area contributed by atoms with Crippen LogP contribution < -0.4 is 4.90 Å². The van der Waals surface area contributed by atoms with Gasteiger partial charge in [0.05, 0.1) is 0 Å². The lowest BCUT2D eigenvalue weighted by molar-refractivity contribution is -0.126. The number of nitrogens with zero attached hydrogens (tertiary/aromatic N) is 4. The number of rotatable bonds is 3. The summed E-state index contributed by atoms with van der Waals surface area (Å²) in [6, 6.07) is 5.39. The van der Waals surface area contributed by atoms with Crippen molar-refractivity contribution in [1.82, 2.24) is 14.9 Å². The number of hydrogen-bond donors (Lipinski definition) is 0. The summed E-state index contributed by atoms with van der Waals surface area (Å²) in [6.45, 7) is 2.78. The fraction of sp³-hybridized carbons (Fsp3) is 0.267. The largest absolute Gasteiger partial charge is 0.450 e. The van der Waals surface area contributed by atoms with Gasteiger partial charge >= 0.3 is 0 Å². The van der Waals surface area contributed by atoms with E-state index in [-0.39, 0.29) is 5.91 Å². The normalized spacial score (nSPS) is 15.5. The predicted molar refractivity (Wildman–Crippen MR) is 86.3 cm³/mol. The number of halogens is 1. The van der Waals surface area contributed by atoms with Crippen molar-refractivity contribution in [3.8, 4) is 0 Å². The summed E-state index contributed by atoms with van der Waals surface area (Å²) in [5.74, 6) is 1.35. The first-order chi connectivity index (χ1) is 10.7. The van der Waals surface area contributed by atoms with Crippen molar-refractivity contribution in [1.29, 1.82) is 0 Å². The number of carbonyl (C=O) groups is 1. The van der Waals surface area contributed by atoms with Gasteiger partial charge in [-0.25, -0.2) is 9.97 Å². The molecule has 1 fully saturated rings. The Kier molecular flexibility index (Phi) is 4.53. The van der Waals surface area contributed by atoms with Crippen molar-refractivity contribution in [2.45, 2.75) is 0 Å². The molecule has 2 aromatic heterocycles. The fourth-order valence-electron chi connectivity index (χ4n) is 2.26. The number of furan rings is 1. The minimum atomic E-state index is -0.0128. The zero-order valence-electron chi connectivity index (χ0n) is 11.9. The lowest BCUT2D eigenvalue weighted by Gasteiger charge is -2.34. The smallest absolute Gasteiger partial charge is 0.246 e. The maximum absolute atomic E-state index is 12.2. The van der Waals surface area contributed by atoms with Gasteiger partial charge in [-0.3, -0.25) is 4.79 Å². The Hall–Kier alpha value is -2.15. The summed E-state index contributed by atoms with van der Waals surface area (Å²) in [5.41, 5.74) is 0. The van der Waals surface area contributed by atoms with Crippen LogP contribution in [0.1, 0.15) is 5.76 Å². The summed E-state index contributed by atoms with van der Waals surface area (Å²) < 4.78 is 5.98. The monoisotopic (exact) mass is 362 g/mol. The predicted octanol–water partition coefficient (Wildman–Crippen LogP) is 2.19. The van der Waals surface area contributed by atoms with Crippen LogP contribution in [0, 0.1) is 0 Å². The quantitative estimate of drug-likeness (QED) is 0.783. The zero-order valence-corrected chi connectivity index (χ0v) is 13.4. The Labute approximate surface area is 136 Å². The Morgan fingerprint density at radius 1 is 1.18 bits per heavy atom. The SMILES string of the molecule is O=C(C=Cc1ccc(Br)o1)N1CCN(c2ncccn2)CC1. The third-order valence-electron chi connectivity index (χ3n) is 3.41. The maximum Gasteiger partial charge on any atom is 0.246 e. The molecule has 1 aliphatic rings. The molecule has 0 unspecified atom stereocenters. The molecule has 1 aliphatic heterocycles. The van der Waals surface area contributed by atoms with E-state index in [2.05, 4.69) is 30.8 Å². The van der Waals surface area contributed by atoms with Gasteiger partial charge in [0, 0.05) is 44.6 Å². The van der Waals surface area contributed by atoms with Crippen molar-refractivity contribution in [2.75, 3.05) is 31.1 Å². The van der Waals surface area contributed by atoms with Gasteiger partial charge in [0.2, 0.25) is 11.9 Å². The highest BCUT2D eigenvalue weighted by atomic mass is 79.9. The molecule has 0 atom stereocenters. The van der Waals surface area contributed by atoms with E-state index >= 15 is 0 Å². The zero-order chi connectivity index (χ0) is 15.4. The average molecular weight is 363 g/mol. The Balaban J connectivity index is 1.55.